The van der Waals surface area contributed by atoms with Gasteiger partial charge in [-0.1, -0.05) is 24.6 Å². The van der Waals surface area contributed by atoms with Crippen LogP contribution in [0, 0.1) is 41.9 Å². The molecule has 0 unspecified atom stereocenters. The number of ether oxygens (including phenoxy) is 3. The number of hydrogen-bond donors (Lipinski definition) is 0. The van der Waals surface area contributed by atoms with Gasteiger partial charge in [-0.15, -0.1) is 0 Å². The van der Waals surface area contributed by atoms with Gasteiger partial charge in [0, 0.05) is 25.2 Å². The lowest BCUT2D eigenvalue weighted by Crippen LogP contribution is -2.57. The highest BCUT2D eigenvalue weighted by atomic mass is 32.2. The Hall–Kier alpha value is -1.48. The summed E-state index contributed by atoms with van der Waals surface area (Å²) in [5.41, 5.74) is 0.858. The van der Waals surface area contributed by atoms with E-state index in [1.54, 1.807) is 12.1 Å². The van der Waals surface area contributed by atoms with Crippen LogP contribution in [0.25, 0.3) is 0 Å². The van der Waals surface area contributed by atoms with Crippen LogP contribution in [-0.4, -0.2) is 45.6 Å². The second-order valence-electron chi connectivity index (χ2n) is 12.5. The Labute approximate surface area is 220 Å². The van der Waals surface area contributed by atoms with Crippen molar-refractivity contribution < 1.29 is 31.6 Å². The minimum Gasteiger partial charge on any atom is -0.462 e. The number of carbonyl (C=O) groups is 1. The van der Waals surface area contributed by atoms with Crippen LogP contribution in [0.1, 0.15) is 70.8 Å². The summed E-state index contributed by atoms with van der Waals surface area (Å²) in [5, 5.41) is 0. The Balaban J connectivity index is 1.33. The molecule has 0 aromatic heterocycles. The zero-order valence-electron chi connectivity index (χ0n) is 22.2. The van der Waals surface area contributed by atoms with Gasteiger partial charge in [-0.05, 0) is 87.2 Å². The molecule has 1 saturated heterocycles. The van der Waals surface area contributed by atoms with Crippen LogP contribution >= 0.6 is 0 Å². The first-order chi connectivity index (χ1) is 17.6. The third-order valence-corrected chi connectivity index (χ3v) is 11.9. The molecule has 1 heterocycles. The van der Waals surface area contributed by atoms with Crippen molar-refractivity contribution in [2.24, 2.45) is 35.0 Å². The van der Waals surface area contributed by atoms with Crippen LogP contribution in [0.3, 0.4) is 0 Å². The lowest BCUT2D eigenvalue weighted by atomic mass is 9.49. The molecule has 0 radical (unpaired) electrons. The van der Waals surface area contributed by atoms with Crippen molar-refractivity contribution in [1.29, 1.82) is 0 Å². The summed E-state index contributed by atoms with van der Waals surface area (Å²) in [6.45, 7) is 6.94. The highest BCUT2D eigenvalue weighted by Crippen LogP contribution is 2.64. The van der Waals surface area contributed by atoms with Gasteiger partial charge in [0.05, 0.1) is 24.2 Å². The summed E-state index contributed by atoms with van der Waals surface area (Å²) in [5.74, 6) is 0.867. The molecule has 1 aromatic carbocycles. The topological polar surface area (TPSA) is 88.1 Å². The van der Waals surface area contributed by atoms with E-state index in [1.165, 1.54) is 6.92 Å². The van der Waals surface area contributed by atoms with E-state index in [9.17, 15) is 13.2 Å². The minimum absolute atomic E-state index is 0.113. The number of hydrogen-bond acceptors (Lipinski definition) is 7. The van der Waals surface area contributed by atoms with Crippen LogP contribution < -0.4 is 0 Å². The molecule has 204 valence electrons. The second-order valence-corrected chi connectivity index (χ2v) is 14.1. The number of esters is 1. The van der Waals surface area contributed by atoms with Gasteiger partial charge in [0.1, 0.15) is 6.10 Å². The molecule has 7 nitrogen and oxygen atoms in total. The van der Waals surface area contributed by atoms with E-state index in [0.717, 1.165) is 50.5 Å². The van der Waals surface area contributed by atoms with Gasteiger partial charge in [0.15, 0.2) is 5.79 Å². The Kier molecular flexibility index (Phi) is 6.49. The van der Waals surface area contributed by atoms with Gasteiger partial charge in [0.25, 0.3) is 10.1 Å². The molecule has 5 fully saturated rings. The van der Waals surface area contributed by atoms with Crippen molar-refractivity contribution >= 4 is 16.1 Å². The molecule has 4 aliphatic carbocycles. The van der Waals surface area contributed by atoms with Crippen LogP contribution in [-0.2, 0) is 33.3 Å². The third-order valence-electron chi connectivity index (χ3n) is 10.5. The van der Waals surface area contributed by atoms with Gasteiger partial charge < -0.3 is 14.2 Å². The highest BCUT2D eigenvalue weighted by Gasteiger charge is 2.62. The fourth-order valence-corrected chi connectivity index (χ4v) is 10.1. The van der Waals surface area contributed by atoms with Gasteiger partial charge in [-0.25, -0.2) is 0 Å². The lowest BCUT2D eigenvalue weighted by Gasteiger charge is -2.58. The number of fused-ring (bicyclic) bond motifs is 5. The maximum absolute atomic E-state index is 13.5. The molecule has 6 rings (SSSR count). The average molecular weight is 533 g/mol. The van der Waals surface area contributed by atoms with Crippen LogP contribution in [0.2, 0.25) is 0 Å². The molecular formula is C29H40O7S. The van der Waals surface area contributed by atoms with Crippen LogP contribution in [0.15, 0.2) is 29.2 Å². The zero-order valence-corrected chi connectivity index (χ0v) is 23.0. The summed E-state index contributed by atoms with van der Waals surface area (Å²) in [6.07, 6.45) is 6.70. The van der Waals surface area contributed by atoms with Crippen LogP contribution in [0.4, 0.5) is 0 Å². The summed E-state index contributed by atoms with van der Waals surface area (Å²) >= 11 is 0. The first kappa shape index (κ1) is 25.8. The Bertz CT molecular complexity index is 1130. The van der Waals surface area contributed by atoms with E-state index in [4.69, 9.17) is 18.4 Å². The summed E-state index contributed by atoms with van der Waals surface area (Å²) in [4.78, 5) is 12.1. The molecule has 5 aliphatic rings. The molecule has 8 heteroatoms. The van der Waals surface area contributed by atoms with Gasteiger partial charge >= 0.3 is 5.97 Å². The molecule has 0 amide bonds. The summed E-state index contributed by atoms with van der Waals surface area (Å²) in [7, 11) is -3.92. The number of carbonyl (C=O) groups excluding carboxylic acids is 1. The van der Waals surface area contributed by atoms with Crippen molar-refractivity contribution in [3.05, 3.63) is 29.8 Å². The van der Waals surface area contributed by atoms with E-state index in [-0.39, 0.29) is 34.2 Å². The van der Waals surface area contributed by atoms with E-state index in [2.05, 4.69) is 6.92 Å². The van der Waals surface area contributed by atoms with Crippen molar-refractivity contribution in [1.82, 2.24) is 0 Å². The predicted molar refractivity (Wildman–Crippen MR) is 136 cm³/mol. The lowest BCUT2D eigenvalue weighted by molar-refractivity contribution is -0.218. The smallest absolute Gasteiger partial charge is 0.302 e. The fraction of sp³-hybridized carbons (Fsp3) is 0.759. The SMILES string of the molecule is CC(=O)O[C@H]1CC[C@H]2[C@H]3[C@H](CC[C@]12C)[C@H]1CCC2(C[C@@H]1C[C@@H]3OS(=O)(=O)c1ccc(C)cc1)OCCO2. The van der Waals surface area contributed by atoms with Crippen molar-refractivity contribution in [2.75, 3.05) is 13.2 Å². The molecule has 37 heavy (non-hydrogen) atoms. The zero-order chi connectivity index (χ0) is 26.0. The maximum Gasteiger partial charge on any atom is 0.302 e. The largest absolute Gasteiger partial charge is 0.462 e. The minimum atomic E-state index is -3.92. The quantitative estimate of drug-likeness (QED) is 0.398. The summed E-state index contributed by atoms with van der Waals surface area (Å²) in [6, 6.07) is 6.91. The van der Waals surface area contributed by atoms with Gasteiger partial charge in [0.2, 0.25) is 0 Å². The van der Waals surface area contributed by atoms with Gasteiger partial charge in [-0.2, -0.15) is 8.42 Å². The number of rotatable bonds is 4. The monoisotopic (exact) mass is 532 g/mol. The molecule has 8 atom stereocenters. The van der Waals surface area contributed by atoms with E-state index < -0.39 is 22.0 Å². The molecular weight excluding hydrogens is 492 g/mol. The predicted octanol–water partition coefficient (Wildman–Crippen LogP) is 5.01. The third kappa shape index (κ3) is 4.46. The van der Waals surface area contributed by atoms with Crippen molar-refractivity contribution in [3.8, 4) is 0 Å². The molecule has 1 aromatic rings. The van der Waals surface area contributed by atoms with E-state index in [0.29, 0.717) is 37.4 Å². The van der Waals surface area contributed by atoms with Crippen LogP contribution in [0.5, 0.6) is 0 Å². The average Bonchev–Trinajstić information content (AvgIpc) is 3.42. The molecule has 0 N–H and O–H groups in total. The Morgan fingerprint density at radius 1 is 1.00 bits per heavy atom. The summed E-state index contributed by atoms with van der Waals surface area (Å²) < 4.78 is 51.3. The second kappa shape index (κ2) is 9.32. The first-order valence-corrected chi connectivity index (χ1v) is 15.5. The Morgan fingerprint density at radius 3 is 2.41 bits per heavy atom. The Morgan fingerprint density at radius 2 is 1.70 bits per heavy atom. The first-order valence-electron chi connectivity index (χ1n) is 14.1. The van der Waals surface area contributed by atoms with Gasteiger partial charge in [-0.3, -0.25) is 8.98 Å². The molecule has 1 spiro atoms. The molecule has 1 aliphatic heterocycles. The molecule has 0 bridgehead atoms. The number of aryl methyl sites for hydroxylation is 1. The van der Waals surface area contributed by atoms with E-state index in [1.807, 2.05) is 19.1 Å². The van der Waals surface area contributed by atoms with Crippen molar-refractivity contribution in [3.63, 3.8) is 0 Å². The normalized spacial score (nSPS) is 40.6. The maximum atomic E-state index is 13.5. The fourth-order valence-electron chi connectivity index (χ4n) is 8.94. The molecule has 4 saturated carbocycles. The standard InChI is InChI=1S/C29H40O7S/c1-18-4-6-21(7-5-18)37(31,32)36-25-16-20-17-29(33-14-15-34-29)13-11-22(20)23-10-12-28(3)24(27(23)25)8-9-26(28)35-19(2)30/h4-7,20,22-27H,8-17H2,1-3H3/t20-,22-,23+,24-,25-,26-,27+,28-/m0/s1. The highest BCUT2D eigenvalue weighted by molar-refractivity contribution is 7.86. The van der Waals surface area contributed by atoms with Crippen molar-refractivity contribution in [2.45, 2.75) is 95.0 Å². The van der Waals surface area contributed by atoms with E-state index >= 15 is 0 Å². The number of benzene rings is 1.